The number of carbonyl (C=O) groups excluding carboxylic acids is 1. The summed E-state index contributed by atoms with van der Waals surface area (Å²) in [6, 6.07) is 7.49. The van der Waals surface area contributed by atoms with Gasteiger partial charge in [-0.25, -0.2) is 9.97 Å². The molecular formula is C19H22N6O. The van der Waals surface area contributed by atoms with Crippen molar-refractivity contribution in [3.8, 4) is 0 Å². The van der Waals surface area contributed by atoms with E-state index in [0.717, 1.165) is 49.0 Å². The molecule has 0 unspecified atom stereocenters. The fourth-order valence-electron chi connectivity index (χ4n) is 3.14. The maximum absolute atomic E-state index is 12.5. The molecule has 1 N–H and O–H groups in total. The summed E-state index contributed by atoms with van der Waals surface area (Å²) < 4.78 is 1.90. The summed E-state index contributed by atoms with van der Waals surface area (Å²) in [6.07, 6.45) is 5.43. The van der Waals surface area contributed by atoms with E-state index >= 15 is 0 Å². The van der Waals surface area contributed by atoms with Gasteiger partial charge in [-0.05, 0) is 38.2 Å². The lowest BCUT2D eigenvalue weighted by Gasteiger charge is -2.33. The molecule has 4 heterocycles. The first-order valence-corrected chi connectivity index (χ1v) is 8.75. The molecule has 0 spiro atoms. The van der Waals surface area contributed by atoms with Gasteiger partial charge in [0.05, 0.1) is 16.9 Å². The normalized spacial score (nSPS) is 15.4. The number of likely N-dealkylation sites (N-methyl/N-ethyl adjacent to an activating group) is 1. The van der Waals surface area contributed by atoms with Gasteiger partial charge in [0.2, 0.25) is 0 Å². The van der Waals surface area contributed by atoms with Crippen molar-refractivity contribution in [2.45, 2.75) is 6.92 Å². The van der Waals surface area contributed by atoms with Crippen LogP contribution in [0.2, 0.25) is 0 Å². The summed E-state index contributed by atoms with van der Waals surface area (Å²) in [7, 11) is 2.13. The standard InChI is InChI=1S/C19H22N6O/c1-14-12-25-13-16(4-6-18(25)21-14)22-19(26)15-3-5-17(20-11-15)24-9-7-23(2)8-10-24/h3-6,11-13H,7-10H2,1-2H3,(H,22,26). The Kier molecular flexibility index (Phi) is 4.30. The van der Waals surface area contributed by atoms with Crippen molar-refractivity contribution in [2.75, 3.05) is 43.4 Å². The Morgan fingerprint density at radius 3 is 2.62 bits per heavy atom. The van der Waals surface area contributed by atoms with E-state index < -0.39 is 0 Å². The third kappa shape index (κ3) is 3.39. The van der Waals surface area contributed by atoms with Gasteiger partial charge in [-0.2, -0.15) is 0 Å². The molecule has 0 aliphatic carbocycles. The third-order valence-electron chi connectivity index (χ3n) is 4.67. The molecule has 3 aromatic rings. The molecule has 0 bridgehead atoms. The number of hydrogen-bond acceptors (Lipinski definition) is 5. The Balaban J connectivity index is 1.45. The predicted octanol–water partition coefficient (Wildman–Crippen LogP) is 2.04. The van der Waals surface area contributed by atoms with Gasteiger partial charge in [0.15, 0.2) is 0 Å². The van der Waals surface area contributed by atoms with Crippen LogP contribution in [0.5, 0.6) is 0 Å². The topological polar surface area (TPSA) is 65.8 Å². The van der Waals surface area contributed by atoms with Crippen molar-refractivity contribution < 1.29 is 4.79 Å². The minimum atomic E-state index is -0.168. The fourth-order valence-corrected chi connectivity index (χ4v) is 3.14. The van der Waals surface area contributed by atoms with Crippen LogP contribution in [0.1, 0.15) is 16.1 Å². The first-order chi connectivity index (χ1) is 12.6. The van der Waals surface area contributed by atoms with E-state index in [-0.39, 0.29) is 5.91 Å². The van der Waals surface area contributed by atoms with E-state index in [1.807, 2.05) is 48.0 Å². The van der Waals surface area contributed by atoms with Gasteiger partial charge < -0.3 is 19.5 Å². The number of hydrogen-bond donors (Lipinski definition) is 1. The number of imidazole rings is 1. The Hall–Kier alpha value is -2.93. The molecule has 1 amide bonds. The highest BCUT2D eigenvalue weighted by molar-refractivity contribution is 6.04. The van der Waals surface area contributed by atoms with Crippen molar-refractivity contribution in [3.05, 3.63) is 54.1 Å². The van der Waals surface area contributed by atoms with Gasteiger partial charge in [0.1, 0.15) is 11.5 Å². The molecule has 4 rings (SSSR count). The third-order valence-corrected chi connectivity index (χ3v) is 4.67. The molecule has 134 valence electrons. The second kappa shape index (κ2) is 6.76. The molecule has 1 saturated heterocycles. The number of anilines is 2. The largest absolute Gasteiger partial charge is 0.354 e. The number of piperazine rings is 1. The summed E-state index contributed by atoms with van der Waals surface area (Å²) in [6.45, 7) is 5.91. The molecule has 3 aromatic heterocycles. The Morgan fingerprint density at radius 2 is 1.88 bits per heavy atom. The summed E-state index contributed by atoms with van der Waals surface area (Å²) >= 11 is 0. The zero-order valence-corrected chi connectivity index (χ0v) is 15.0. The van der Waals surface area contributed by atoms with Gasteiger partial charge in [-0.15, -0.1) is 0 Å². The van der Waals surface area contributed by atoms with Crippen LogP contribution < -0.4 is 10.2 Å². The number of rotatable bonds is 3. The van der Waals surface area contributed by atoms with E-state index in [1.54, 1.807) is 6.20 Å². The Labute approximate surface area is 152 Å². The summed E-state index contributed by atoms with van der Waals surface area (Å²) in [5.74, 6) is 0.753. The average molecular weight is 350 g/mol. The second-order valence-corrected chi connectivity index (χ2v) is 6.72. The van der Waals surface area contributed by atoms with Gasteiger partial charge in [-0.3, -0.25) is 4.79 Å². The predicted molar refractivity (Wildman–Crippen MR) is 102 cm³/mol. The maximum atomic E-state index is 12.5. The van der Waals surface area contributed by atoms with Crippen LogP contribution >= 0.6 is 0 Å². The number of nitrogens with one attached hydrogen (secondary N) is 1. The number of aromatic nitrogens is 3. The highest BCUT2D eigenvalue weighted by Crippen LogP contribution is 2.16. The van der Waals surface area contributed by atoms with E-state index in [2.05, 4.69) is 32.1 Å². The van der Waals surface area contributed by atoms with E-state index in [0.29, 0.717) is 5.56 Å². The minimum absolute atomic E-state index is 0.168. The Bertz CT molecular complexity index is 925. The van der Waals surface area contributed by atoms with E-state index in [4.69, 9.17) is 0 Å². The quantitative estimate of drug-likeness (QED) is 0.783. The summed E-state index contributed by atoms with van der Waals surface area (Å²) in [4.78, 5) is 25.9. The average Bonchev–Trinajstić information content (AvgIpc) is 3.02. The molecule has 7 nitrogen and oxygen atoms in total. The van der Waals surface area contributed by atoms with Crippen molar-refractivity contribution in [1.82, 2.24) is 19.3 Å². The van der Waals surface area contributed by atoms with E-state index in [1.165, 1.54) is 0 Å². The van der Waals surface area contributed by atoms with Crippen molar-refractivity contribution in [3.63, 3.8) is 0 Å². The molecule has 0 aromatic carbocycles. The van der Waals surface area contributed by atoms with Crippen LogP contribution in [0, 0.1) is 6.92 Å². The lowest BCUT2D eigenvalue weighted by molar-refractivity contribution is 0.102. The van der Waals surface area contributed by atoms with Crippen LogP contribution in [0.15, 0.2) is 42.9 Å². The fraction of sp³-hybridized carbons (Fsp3) is 0.316. The molecule has 0 saturated carbocycles. The zero-order valence-electron chi connectivity index (χ0n) is 15.0. The molecule has 0 radical (unpaired) electrons. The highest BCUT2D eigenvalue weighted by Gasteiger charge is 2.16. The number of pyridine rings is 2. The number of amides is 1. The SMILES string of the molecule is Cc1cn2cc(NC(=O)c3ccc(N4CCN(C)CC4)nc3)ccc2n1. The van der Waals surface area contributed by atoms with Gasteiger partial charge in [0.25, 0.3) is 5.91 Å². The smallest absolute Gasteiger partial charge is 0.257 e. The minimum Gasteiger partial charge on any atom is -0.354 e. The molecule has 1 aliphatic heterocycles. The molecule has 1 aliphatic rings. The highest BCUT2D eigenvalue weighted by atomic mass is 16.1. The summed E-state index contributed by atoms with van der Waals surface area (Å²) in [5.41, 5.74) is 3.07. The van der Waals surface area contributed by atoms with Gasteiger partial charge in [-0.1, -0.05) is 0 Å². The van der Waals surface area contributed by atoms with Crippen LogP contribution in [0.25, 0.3) is 5.65 Å². The molecular weight excluding hydrogens is 328 g/mol. The lowest BCUT2D eigenvalue weighted by Crippen LogP contribution is -2.44. The maximum Gasteiger partial charge on any atom is 0.257 e. The van der Waals surface area contributed by atoms with Crippen molar-refractivity contribution in [1.29, 1.82) is 0 Å². The second-order valence-electron chi connectivity index (χ2n) is 6.72. The van der Waals surface area contributed by atoms with Gasteiger partial charge >= 0.3 is 0 Å². The van der Waals surface area contributed by atoms with Crippen LogP contribution in [-0.4, -0.2) is 58.4 Å². The number of aryl methyl sites for hydroxylation is 1. The monoisotopic (exact) mass is 350 g/mol. The first kappa shape index (κ1) is 16.5. The van der Waals surface area contributed by atoms with Crippen LogP contribution in [0.3, 0.4) is 0 Å². The summed E-state index contributed by atoms with van der Waals surface area (Å²) in [5, 5.41) is 2.92. The molecule has 0 atom stereocenters. The molecule has 26 heavy (non-hydrogen) atoms. The number of carbonyl (C=O) groups is 1. The zero-order chi connectivity index (χ0) is 18.1. The van der Waals surface area contributed by atoms with Crippen molar-refractivity contribution in [2.24, 2.45) is 0 Å². The van der Waals surface area contributed by atoms with Crippen molar-refractivity contribution >= 4 is 23.1 Å². The number of nitrogens with zero attached hydrogens (tertiary/aromatic N) is 5. The number of fused-ring (bicyclic) bond motifs is 1. The van der Waals surface area contributed by atoms with Crippen LogP contribution in [-0.2, 0) is 0 Å². The van der Waals surface area contributed by atoms with Crippen LogP contribution in [0.4, 0.5) is 11.5 Å². The van der Waals surface area contributed by atoms with E-state index in [9.17, 15) is 4.79 Å². The molecule has 1 fully saturated rings. The van der Waals surface area contributed by atoms with Gasteiger partial charge in [0, 0.05) is 44.8 Å². The lowest BCUT2D eigenvalue weighted by atomic mass is 10.2. The molecule has 7 heteroatoms. The Morgan fingerprint density at radius 1 is 1.08 bits per heavy atom. The first-order valence-electron chi connectivity index (χ1n) is 8.75.